The first kappa shape index (κ1) is 13.8. The van der Waals surface area contributed by atoms with Crippen LogP contribution in [0.1, 0.15) is 23.9 Å². The van der Waals surface area contributed by atoms with E-state index in [0.717, 1.165) is 41.1 Å². The molecule has 0 radical (unpaired) electrons. The topological polar surface area (TPSA) is 56.7 Å². The molecular weight excluding hydrogens is 260 g/mol. The van der Waals surface area contributed by atoms with Crippen molar-refractivity contribution in [3.05, 3.63) is 53.5 Å². The minimum absolute atomic E-state index is 0.675. The van der Waals surface area contributed by atoms with Gasteiger partial charge in [-0.2, -0.15) is 0 Å². The number of nitrogens with zero attached hydrogens (tertiary/aromatic N) is 3. The molecule has 0 aliphatic carbocycles. The molecule has 0 aliphatic rings. The third-order valence-electron chi connectivity index (χ3n) is 3.76. The van der Waals surface area contributed by atoms with E-state index in [4.69, 9.17) is 10.7 Å². The molecule has 0 amide bonds. The molecule has 4 nitrogen and oxygen atoms in total. The van der Waals surface area contributed by atoms with Crippen LogP contribution in [-0.4, -0.2) is 21.1 Å². The van der Waals surface area contributed by atoms with Crippen molar-refractivity contribution < 1.29 is 0 Å². The molecular formula is C17H20N4. The van der Waals surface area contributed by atoms with Crippen molar-refractivity contribution in [1.29, 1.82) is 0 Å². The van der Waals surface area contributed by atoms with Gasteiger partial charge in [-0.25, -0.2) is 9.97 Å². The lowest BCUT2D eigenvalue weighted by molar-refractivity contribution is 0.898. The number of rotatable bonds is 4. The Morgan fingerprint density at radius 1 is 1.14 bits per heavy atom. The van der Waals surface area contributed by atoms with Crippen molar-refractivity contribution in [2.75, 3.05) is 6.54 Å². The van der Waals surface area contributed by atoms with E-state index in [2.05, 4.69) is 47.7 Å². The van der Waals surface area contributed by atoms with E-state index in [1.807, 2.05) is 12.3 Å². The van der Waals surface area contributed by atoms with Crippen LogP contribution in [0.15, 0.2) is 36.5 Å². The molecule has 4 heteroatoms. The largest absolute Gasteiger partial charge is 0.330 e. The Labute approximate surface area is 124 Å². The van der Waals surface area contributed by atoms with Crippen LogP contribution in [0.2, 0.25) is 0 Å². The number of aromatic nitrogens is 3. The van der Waals surface area contributed by atoms with Gasteiger partial charge < -0.3 is 5.73 Å². The zero-order valence-corrected chi connectivity index (χ0v) is 12.5. The van der Waals surface area contributed by atoms with Crippen LogP contribution in [-0.2, 0) is 12.8 Å². The predicted octanol–water partition coefficient (Wildman–Crippen LogP) is 2.79. The molecule has 0 spiro atoms. The van der Waals surface area contributed by atoms with Crippen LogP contribution in [0.3, 0.4) is 0 Å². The third kappa shape index (κ3) is 2.43. The van der Waals surface area contributed by atoms with E-state index in [1.54, 1.807) is 0 Å². The van der Waals surface area contributed by atoms with E-state index >= 15 is 0 Å². The smallest absolute Gasteiger partial charge is 0.164 e. The molecule has 2 N–H and O–H groups in total. The maximum Gasteiger partial charge on any atom is 0.164 e. The summed E-state index contributed by atoms with van der Waals surface area (Å²) in [5.74, 6) is 1.04. The number of pyridine rings is 1. The van der Waals surface area contributed by atoms with Gasteiger partial charge in [-0.15, -0.1) is 0 Å². The van der Waals surface area contributed by atoms with Crippen molar-refractivity contribution in [1.82, 2.24) is 14.5 Å². The molecule has 0 aliphatic heterocycles. The first-order chi connectivity index (χ1) is 10.2. The standard InChI is InChI=1S/C17H20N4/c1-3-15-20-16-12(2)9-11-19-17(16)21(15)14-6-4-13(5-7-14)8-10-18/h4-7,9,11H,3,8,10,18H2,1-2H3. The van der Waals surface area contributed by atoms with Gasteiger partial charge in [-0.1, -0.05) is 19.1 Å². The molecule has 3 rings (SSSR count). The maximum absolute atomic E-state index is 5.60. The molecule has 3 aromatic rings. The highest BCUT2D eigenvalue weighted by atomic mass is 15.1. The molecule has 0 saturated carbocycles. The van der Waals surface area contributed by atoms with Crippen LogP contribution in [0.4, 0.5) is 0 Å². The summed E-state index contributed by atoms with van der Waals surface area (Å²) in [4.78, 5) is 9.27. The van der Waals surface area contributed by atoms with Crippen molar-refractivity contribution in [3.8, 4) is 5.69 Å². The number of nitrogens with two attached hydrogens (primary N) is 1. The highest BCUT2D eigenvalue weighted by molar-refractivity contribution is 5.77. The van der Waals surface area contributed by atoms with E-state index in [0.29, 0.717) is 6.54 Å². The fraction of sp³-hybridized carbons (Fsp3) is 0.294. The van der Waals surface area contributed by atoms with Gasteiger partial charge in [0.15, 0.2) is 5.65 Å². The Hall–Kier alpha value is -2.20. The summed E-state index contributed by atoms with van der Waals surface area (Å²) in [6.07, 6.45) is 3.63. The van der Waals surface area contributed by atoms with Gasteiger partial charge in [0.05, 0.1) is 0 Å². The van der Waals surface area contributed by atoms with Crippen LogP contribution in [0.5, 0.6) is 0 Å². The number of hydrogen-bond donors (Lipinski definition) is 1. The number of imidazole rings is 1. The average molecular weight is 280 g/mol. The molecule has 0 atom stereocenters. The molecule has 0 bridgehead atoms. The second-order valence-electron chi connectivity index (χ2n) is 5.22. The molecule has 0 fully saturated rings. The second-order valence-corrected chi connectivity index (χ2v) is 5.22. The van der Waals surface area contributed by atoms with Crippen molar-refractivity contribution in [2.24, 2.45) is 5.73 Å². The van der Waals surface area contributed by atoms with Crippen LogP contribution < -0.4 is 5.73 Å². The predicted molar refractivity (Wildman–Crippen MR) is 85.7 cm³/mol. The third-order valence-corrected chi connectivity index (χ3v) is 3.76. The summed E-state index contributed by atoms with van der Waals surface area (Å²) in [6, 6.07) is 10.5. The van der Waals surface area contributed by atoms with E-state index in [-0.39, 0.29) is 0 Å². The lowest BCUT2D eigenvalue weighted by atomic mass is 10.1. The Kier molecular flexibility index (Phi) is 3.71. The number of aryl methyl sites for hydroxylation is 2. The quantitative estimate of drug-likeness (QED) is 0.799. The number of fused-ring (bicyclic) bond motifs is 1. The van der Waals surface area contributed by atoms with Gasteiger partial charge in [0, 0.05) is 18.3 Å². The summed E-state index contributed by atoms with van der Waals surface area (Å²) in [6.45, 7) is 4.87. The van der Waals surface area contributed by atoms with Crippen molar-refractivity contribution in [3.63, 3.8) is 0 Å². The van der Waals surface area contributed by atoms with Gasteiger partial charge in [0.2, 0.25) is 0 Å². The van der Waals surface area contributed by atoms with Crippen LogP contribution >= 0.6 is 0 Å². The van der Waals surface area contributed by atoms with E-state index < -0.39 is 0 Å². The first-order valence-electron chi connectivity index (χ1n) is 7.37. The van der Waals surface area contributed by atoms with Gasteiger partial charge in [0.25, 0.3) is 0 Å². The highest BCUT2D eigenvalue weighted by Crippen LogP contribution is 2.22. The molecule has 21 heavy (non-hydrogen) atoms. The summed E-state index contributed by atoms with van der Waals surface area (Å²) in [5, 5.41) is 0. The van der Waals surface area contributed by atoms with Gasteiger partial charge in [0.1, 0.15) is 11.3 Å². The molecule has 2 heterocycles. The number of benzene rings is 1. The minimum atomic E-state index is 0.675. The zero-order chi connectivity index (χ0) is 14.8. The zero-order valence-electron chi connectivity index (χ0n) is 12.5. The Balaban J connectivity index is 2.16. The lowest BCUT2D eigenvalue weighted by Gasteiger charge is -2.08. The van der Waals surface area contributed by atoms with Gasteiger partial charge >= 0.3 is 0 Å². The fourth-order valence-electron chi connectivity index (χ4n) is 2.63. The highest BCUT2D eigenvalue weighted by Gasteiger charge is 2.13. The van der Waals surface area contributed by atoms with Crippen LogP contribution in [0, 0.1) is 6.92 Å². The summed E-state index contributed by atoms with van der Waals surface area (Å²) in [5.41, 5.74) is 11.0. The Morgan fingerprint density at radius 2 is 1.90 bits per heavy atom. The first-order valence-corrected chi connectivity index (χ1v) is 7.37. The molecule has 1 aromatic carbocycles. The normalized spacial score (nSPS) is 11.2. The van der Waals surface area contributed by atoms with Crippen molar-refractivity contribution >= 4 is 11.2 Å². The monoisotopic (exact) mass is 280 g/mol. The lowest BCUT2D eigenvalue weighted by Crippen LogP contribution is -2.04. The van der Waals surface area contributed by atoms with E-state index in [9.17, 15) is 0 Å². The van der Waals surface area contributed by atoms with Crippen molar-refractivity contribution in [2.45, 2.75) is 26.7 Å². The molecule has 0 saturated heterocycles. The minimum Gasteiger partial charge on any atom is -0.330 e. The summed E-state index contributed by atoms with van der Waals surface area (Å²) in [7, 11) is 0. The molecule has 108 valence electrons. The fourth-order valence-corrected chi connectivity index (χ4v) is 2.63. The van der Waals surface area contributed by atoms with Gasteiger partial charge in [-0.3, -0.25) is 4.57 Å². The average Bonchev–Trinajstić information content (AvgIpc) is 2.88. The summed E-state index contributed by atoms with van der Waals surface area (Å²) >= 11 is 0. The SMILES string of the molecule is CCc1nc2c(C)ccnc2n1-c1ccc(CCN)cc1. The van der Waals surface area contributed by atoms with Crippen LogP contribution in [0.25, 0.3) is 16.9 Å². The second kappa shape index (κ2) is 5.66. The Morgan fingerprint density at radius 3 is 2.57 bits per heavy atom. The number of hydrogen-bond acceptors (Lipinski definition) is 3. The van der Waals surface area contributed by atoms with E-state index in [1.165, 1.54) is 5.56 Å². The summed E-state index contributed by atoms with van der Waals surface area (Å²) < 4.78 is 2.15. The maximum atomic E-state index is 5.60. The molecule has 0 unspecified atom stereocenters. The Bertz CT molecular complexity index is 756. The molecule has 2 aromatic heterocycles. The van der Waals surface area contributed by atoms with Gasteiger partial charge in [-0.05, 0) is 49.2 Å².